The topological polar surface area (TPSA) is 79.4 Å². The van der Waals surface area contributed by atoms with Crippen LogP contribution in [0.2, 0.25) is 10.0 Å². The minimum atomic E-state index is -3.51. The molecule has 0 unspecified atom stereocenters. The van der Waals surface area contributed by atoms with Gasteiger partial charge in [-0.25, -0.2) is 13.4 Å². The minimum absolute atomic E-state index is 0.0703. The van der Waals surface area contributed by atoms with Gasteiger partial charge in [-0.1, -0.05) is 23.2 Å². The van der Waals surface area contributed by atoms with Gasteiger partial charge in [0, 0.05) is 23.5 Å². The largest absolute Gasteiger partial charge is 0.322 e. The van der Waals surface area contributed by atoms with Crippen LogP contribution in [0.3, 0.4) is 0 Å². The zero-order valence-electron chi connectivity index (χ0n) is 15.6. The number of carbonyl (C=O) groups excluding carboxylic acids is 1. The number of rotatable bonds is 7. The van der Waals surface area contributed by atoms with Gasteiger partial charge in [-0.15, -0.1) is 0 Å². The minimum Gasteiger partial charge on any atom is -0.322 e. The fraction of sp³-hybridized carbons (Fsp3) is 0.368. The molecule has 0 bridgehead atoms. The van der Waals surface area contributed by atoms with E-state index < -0.39 is 15.9 Å². The fourth-order valence-corrected chi connectivity index (χ4v) is 4.45. The Kier molecular flexibility index (Phi) is 6.17. The SMILES string of the molecule is CCN(c1cc(C(=O)Nc2cc(Cl)cc(C3CC3)c2)c(Cl)cn1)S(=O)(=O)CC. The Morgan fingerprint density at radius 1 is 1.21 bits per heavy atom. The van der Waals surface area contributed by atoms with E-state index in [4.69, 9.17) is 23.2 Å². The summed E-state index contributed by atoms with van der Waals surface area (Å²) < 4.78 is 25.7. The summed E-state index contributed by atoms with van der Waals surface area (Å²) in [7, 11) is -3.51. The first kappa shape index (κ1) is 20.9. The van der Waals surface area contributed by atoms with Crippen LogP contribution in [-0.4, -0.2) is 31.6 Å². The van der Waals surface area contributed by atoms with Gasteiger partial charge in [-0.3, -0.25) is 9.10 Å². The normalized spacial score (nSPS) is 14.0. The number of hydrogen-bond donors (Lipinski definition) is 1. The molecule has 1 fully saturated rings. The molecule has 1 aliphatic carbocycles. The molecule has 0 aliphatic heterocycles. The number of hydrogen-bond acceptors (Lipinski definition) is 4. The highest BCUT2D eigenvalue weighted by Gasteiger charge is 2.25. The van der Waals surface area contributed by atoms with Gasteiger partial charge in [0.15, 0.2) is 0 Å². The molecule has 3 rings (SSSR count). The second-order valence-corrected chi connectivity index (χ2v) is 9.61. The molecule has 6 nitrogen and oxygen atoms in total. The zero-order chi connectivity index (χ0) is 20.5. The average molecular weight is 442 g/mol. The van der Waals surface area contributed by atoms with E-state index >= 15 is 0 Å². The van der Waals surface area contributed by atoms with Crippen molar-refractivity contribution in [3.8, 4) is 0 Å². The Balaban J connectivity index is 1.90. The van der Waals surface area contributed by atoms with E-state index in [0.29, 0.717) is 16.6 Å². The summed E-state index contributed by atoms with van der Waals surface area (Å²) in [6.07, 6.45) is 3.52. The van der Waals surface area contributed by atoms with Crippen molar-refractivity contribution >= 4 is 50.6 Å². The predicted molar refractivity (Wildman–Crippen MR) is 113 cm³/mol. The maximum absolute atomic E-state index is 12.8. The van der Waals surface area contributed by atoms with Crippen molar-refractivity contribution in [3.05, 3.63) is 51.6 Å². The van der Waals surface area contributed by atoms with Gasteiger partial charge in [-0.05, 0) is 62.4 Å². The maximum atomic E-state index is 12.8. The number of aromatic nitrogens is 1. The predicted octanol–water partition coefficient (Wildman–Crippen LogP) is 4.69. The second kappa shape index (κ2) is 8.27. The van der Waals surface area contributed by atoms with E-state index in [9.17, 15) is 13.2 Å². The van der Waals surface area contributed by atoms with Gasteiger partial charge in [0.05, 0.1) is 16.3 Å². The Morgan fingerprint density at radius 2 is 1.93 bits per heavy atom. The molecule has 1 N–H and O–H groups in total. The standard InChI is InChI=1S/C19H21Cl2N3O3S/c1-3-24(28(26,27)4-2)18-10-16(17(21)11-22-18)19(25)23-15-8-13(12-5-6-12)7-14(20)9-15/h7-12H,3-6H2,1-2H3,(H,23,25). The van der Waals surface area contributed by atoms with Gasteiger partial charge >= 0.3 is 0 Å². The molecule has 1 amide bonds. The van der Waals surface area contributed by atoms with Gasteiger partial charge < -0.3 is 5.32 Å². The third kappa shape index (κ3) is 4.59. The van der Waals surface area contributed by atoms with Crippen LogP contribution in [0.25, 0.3) is 0 Å². The van der Waals surface area contributed by atoms with Crippen molar-refractivity contribution in [1.82, 2.24) is 4.98 Å². The van der Waals surface area contributed by atoms with Crippen LogP contribution in [0.1, 0.15) is 48.5 Å². The lowest BCUT2D eigenvalue weighted by Gasteiger charge is -2.21. The molecule has 0 spiro atoms. The zero-order valence-corrected chi connectivity index (χ0v) is 17.9. The average Bonchev–Trinajstić information content (AvgIpc) is 3.48. The van der Waals surface area contributed by atoms with Crippen LogP contribution in [0, 0.1) is 0 Å². The highest BCUT2D eigenvalue weighted by Crippen LogP contribution is 2.42. The number of sulfonamides is 1. The summed E-state index contributed by atoms with van der Waals surface area (Å²) in [6.45, 7) is 3.46. The van der Waals surface area contributed by atoms with E-state index in [0.717, 1.165) is 22.7 Å². The molecule has 1 aromatic heterocycles. The van der Waals surface area contributed by atoms with Crippen molar-refractivity contribution in [2.75, 3.05) is 21.9 Å². The fourth-order valence-electron chi connectivity index (χ4n) is 2.93. The summed E-state index contributed by atoms with van der Waals surface area (Å²) in [4.78, 5) is 16.9. The molecule has 0 atom stereocenters. The van der Waals surface area contributed by atoms with Crippen molar-refractivity contribution in [2.45, 2.75) is 32.6 Å². The lowest BCUT2D eigenvalue weighted by molar-refractivity contribution is 0.102. The number of anilines is 2. The Bertz CT molecular complexity index is 1010. The molecule has 2 aromatic rings. The molecule has 1 saturated carbocycles. The van der Waals surface area contributed by atoms with Crippen molar-refractivity contribution in [1.29, 1.82) is 0 Å². The number of nitrogens with zero attached hydrogens (tertiary/aromatic N) is 2. The molecule has 9 heteroatoms. The van der Waals surface area contributed by atoms with Gasteiger partial charge in [0.1, 0.15) is 5.82 Å². The van der Waals surface area contributed by atoms with E-state index in [-0.39, 0.29) is 28.7 Å². The highest BCUT2D eigenvalue weighted by atomic mass is 35.5. The number of nitrogens with one attached hydrogen (secondary N) is 1. The number of benzene rings is 1. The first-order valence-electron chi connectivity index (χ1n) is 9.03. The smallest absolute Gasteiger partial charge is 0.257 e. The van der Waals surface area contributed by atoms with Gasteiger partial charge in [0.25, 0.3) is 5.91 Å². The Hall–Kier alpha value is -1.83. The van der Waals surface area contributed by atoms with E-state index in [2.05, 4.69) is 10.3 Å². The maximum Gasteiger partial charge on any atom is 0.257 e. The Labute approximate surface area is 174 Å². The summed E-state index contributed by atoms with van der Waals surface area (Å²) in [6, 6.07) is 6.86. The van der Waals surface area contributed by atoms with E-state index in [1.165, 1.54) is 12.3 Å². The lowest BCUT2D eigenvalue weighted by Crippen LogP contribution is -2.33. The molecule has 0 saturated heterocycles. The van der Waals surface area contributed by atoms with Crippen LogP contribution in [-0.2, 0) is 10.0 Å². The quantitative estimate of drug-likeness (QED) is 0.675. The first-order valence-corrected chi connectivity index (χ1v) is 11.4. The second-order valence-electron chi connectivity index (χ2n) is 6.59. The number of carbonyl (C=O) groups is 1. The molecule has 150 valence electrons. The van der Waals surface area contributed by atoms with Gasteiger partial charge in [-0.2, -0.15) is 0 Å². The molecule has 1 heterocycles. The van der Waals surface area contributed by atoms with Crippen LogP contribution >= 0.6 is 23.2 Å². The van der Waals surface area contributed by atoms with E-state index in [1.54, 1.807) is 19.9 Å². The first-order chi connectivity index (χ1) is 13.2. The monoisotopic (exact) mass is 441 g/mol. The summed E-state index contributed by atoms with van der Waals surface area (Å²) in [5.41, 5.74) is 1.81. The van der Waals surface area contributed by atoms with Gasteiger partial charge in [0.2, 0.25) is 10.0 Å². The third-order valence-corrected chi connectivity index (χ3v) is 6.92. The molecular formula is C19H21Cl2N3O3S. The van der Waals surface area contributed by atoms with Crippen LogP contribution in [0.15, 0.2) is 30.5 Å². The number of amides is 1. The molecule has 1 aromatic carbocycles. The number of halogens is 2. The van der Waals surface area contributed by atoms with Crippen LogP contribution in [0.5, 0.6) is 0 Å². The molecule has 0 radical (unpaired) electrons. The van der Waals surface area contributed by atoms with Crippen LogP contribution < -0.4 is 9.62 Å². The molecule has 28 heavy (non-hydrogen) atoms. The number of pyridine rings is 1. The highest BCUT2D eigenvalue weighted by molar-refractivity contribution is 7.92. The summed E-state index contributed by atoms with van der Waals surface area (Å²) in [5.74, 6) is 0.119. The van der Waals surface area contributed by atoms with Crippen molar-refractivity contribution < 1.29 is 13.2 Å². The summed E-state index contributed by atoms with van der Waals surface area (Å²) in [5, 5.41) is 3.48. The Morgan fingerprint density at radius 3 is 2.54 bits per heavy atom. The summed E-state index contributed by atoms with van der Waals surface area (Å²) >= 11 is 12.3. The molecule has 1 aliphatic rings. The van der Waals surface area contributed by atoms with E-state index in [1.807, 2.05) is 12.1 Å². The third-order valence-electron chi connectivity index (χ3n) is 4.56. The van der Waals surface area contributed by atoms with Crippen LogP contribution in [0.4, 0.5) is 11.5 Å². The molecular weight excluding hydrogens is 421 g/mol. The van der Waals surface area contributed by atoms with Crippen molar-refractivity contribution in [2.24, 2.45) is 0 Å². The lowest BCUT2D eigenvalue weighted by atomic mass is 10.1. The van der Waals surface area contributed by atoms with Crippen molar-refractivity contribution in [3.63, 3.8) is 0 Å².